The standard InChI is InChI=1S/C14H15NO5/c16-11-7-8-12(17)15(11)20-14(18)19-13-9-5-3-1-2-4-6-10(9)13/h9-10,13H,3-8H2. The summed E-state index contributed by atoms with van der Waals surface area (Å²) in [5.74, 6) is 5.81. The van der Waals surface area contributed by atoms with E-state index in [9.17, 15) is 14.4 Å². The number of hydroxylamine groups is 2. The fourth-order valence-electron chi connectivity index (χ4n) is 2.86. The van der Waals surface area contributed by atoms with Crippen molar-refractivity contribution in [2.75, 3.05) is 0 Å². The van der Waals surface area contributed by atoms with Crippen molar-refractivity contribution < 1.29 is 24.0 Å². The molecule has 106 valence electrons. The van der Waals surface area contributed by atoms with Crippen molar-refractivity contribution in [3.63, 3.8) is 0 Å². The van der Waals surface area contributed by atoms with Crippen molar-refractivity contribution in [2.45, 2.75) is 44.6 Å². The summed E-state index contributed by atoms with van der Waals surface area (Å²) in [5, 5.41) is 0.510. The van der Waals surface area contributed by atoms with Crippen LogP contribution in [0, 0.1) is 23.7 Å². The Hall–Kier alpha value is -2.03. The van der Waals surface area contributed by atoms with E-state index in [0.717, 1.165) is 25.7 Å². The first-order valence-electron chi connectivity index (χ1n) is 6.87. The topological polar surface area (TPSA) is 72.9 Å². The predicted molar refractivity (Wildman–Crippen MR) is 65.7 cm³/mol. The number of hydrogen-bond donors (Lipinski definition) is 0. The van der Waals surface area contributed by atoms with Crippen LogP contribution in [0.1, 0.15) is 38.5 Å². The van der Waals surface area contributed by atoms with E-state index in [4.69, 9.17) is 9.57 Å². The molecule has 0 radical (unpaired) electrons. The van der Waals surface area contributed by atoms with Gasteiger partial charge in [-0.15, -0.1) is 11.8 Å². The quantitative estimate of drug-likeness (QED) is 0.433. The van der Waals surface area contributed by atoms with E-state index in [1.807, 2.05) is 0 Å². The third-order valence-corrected chi connectivity index (χ3v) is 3.99. The average Bonchev–Trinajstić information content (AvgIpc) is 2.90. The molecule has 6 heteroatoms. The Kier molecular flexibility index (Phi) is 3.35. The van der Waals surface area contributed by atoms with Gasteiger partial charge in [0, 0.05) is 37.5 Å². The molecule has 1 saturated carbocycles. The number of carbonyl (C=O) groups is 3. The van der Waals surface area contributed by atoms with Gasteiger partial charge in [-0.3, -0.25) is 14.4 Å². The van der Waals surface area contributed by atoms with Gasteiger partial charge in [-0.05, 0) is 12.8 Å². The highest BCUT2D eigenvalue weighted by atomic mass is 16.8. The highest BCUT2D eigenvalue weighted by Crippen LogP contribution is 2.48. The summed E-state index contributed by atoms with van der Waals surface area (Å²) < 4.78 is 5.22. The Morgan fingerprint density at radius 1 is 1.05 bits per heavy atom. The molecule has 0 aromatic rings. The number of carbonyl (C=O) groups excluding carboxylic acids is 3. The van der Waals surface area contributed by atoms with Gasteiger partial charge in [0.15, 0.2) is 0 Å². The molecule has 3 rings (SSSR count). The maximum atomic E-state index is 11.6. The molecular weight excluding hydrogens is 262 g/mol. The van der Waals surface area contributed by atoms with Crippen molar-refractivity contribution in [1.82, 2.24) is 5.06 Å². The number of rotatable bonds is 2. The van der Waals surface area contributed by atoms with Gasteiger partial charge < -0.3 is 4.74 Å². The number of ether oxygens (including phenoxy) is 1. The summed E-state index contributed by atoms with van der Waals surface area (Å²) in [4.78, 5) is 39.0. The van der Waals surface area contributed by atoms with Gasteiger partial charge in [0.05, 0.1) is 0 Å². The molecular formula is C14H15NO5. The van der Waals surface area contributed by atoms with Crippen LogP contribution in [-0.2, 0) is 19.2 Å². The smallest absolute Gasteiger partial charge is 0.429 e. The fraction of sp³-hybridized carbons (Fsp3) is 0.643. The van der Waals surface area contributed by atoms with Crippen LogP contribution in [0.25, 0.3) is 0 Å². The molecule has 1 aliphatic heterocycles. The Morgan fingerprint density at radius 2 is 1.60 bits per heavy atom. The molecule has 0 bridgehead atoms. The lowest BCUT2D eigenvalue weighted by molar-refractivity contribution is -0.177. The Balaban J connectivity index is 1.51. The van der Waals surface area contributed by atoms with Crippen molar-refractivity contribution in [1.29, 1.82) is 0 Å². The summed E-state index contributed by atoms with van der Waals surface area (Å²) >= 11 is 0. The van der Waals surface area contributed by atoms with E-state index < -0.39 is 18.0 Å². The first-order chi connectivity index (χ1) is 9.66. The van der Waals surface area contributed by atoms with Crippen LogP contribution < -0.4 is 0 Å². The minimum Gasteiger partial charge on any atom is -0.429 e. The lowest BCUT2D eigenvalue weighted by Crippen LogP contribution is -2.32. The van der Waals surface area contributed by atoms with Crippen LogP contribution in [0.2, 0.25) is 0 Å². The largest absolute Gasteiger partial charge is 0.534 e. The van der Waals surface area contributed by atoms with Crippen molar-refractivity contribution in [2.24, 2.45) is 11.8 Å². The van der Waals surface area contributed by atoms with Crippen LogP contribution in [0.5, 0.6) is 0 Å². The van der Waals surface area contributed by atoms with E-state index in [-0.39, 0.29) is 18.9 Å². The number of hydrogen-bond acceptors (Lipinski definition) is 5. The molecule has 3 aliphatic rings. The Labute approximate surface area is 116 Å². The lowest BCUT2D eigenvalue weighted by atomic mass is 10.1. The van der Waals surface area contributed by atoms with E-state index in [1.54, 1.807) is 0 Å². The zero-order valence-corrected chi connectivity index (χ0v) is 11.0. The number of amides is 2. The molecule has 20 heavy (non-hydrogen) atoms. The molecule has 2 atom stereocenters. The minimum atomic E-state index is -0.966. The van der Waals surface area contributed by atoms with Gasteiger partial charge >= 0.3 is 6.16 Å². The number of nitrogens with zero attached hydrogens (tertiary/aromatic N) is 1. The molecule has 1 heterocycles. The van der Waals surface area contributed by atoms with Crippen LogP contribution in [0.15, 0.2) is 0 Å². The van der Waals surface area contributed by atoms with Gasteiger partial charge in [-0.25, -0.2) is 4.79 Å². The van der Waals surface area contributed by atoms with Crippen LogP contribution in [0.4, 0.5) is 4.79 Å². The molecule has 1 saturated heterocycles. The van der Waals surface area contributed by atoms with E-state index in [1.165, 1.54) is 0 Å². The first-order valence-corrected chi connectivity index (χ1v) is 6.87. The number of imide groups is 1. The maximum Gasteiger partial charge on any atom is 0.534 e. The Morgan fingerprint density at radius 3 is 2.15 bits per heavy atom. The van der Waals surface area contributed by atoms with Crippen molar-refractivity contribution in [3.8, 4) is 11.8 Å². The van der Waals surface area contributed by atoms with E-state index >= 15 is 0 Å². The summed E-state index contributed by atoms with van der Waals surface area (Å²) in [6.45, 7) is 0. The van der Waals surface area contributed by atoms with Crippen LogP contribution in [0.3, 0.4) is 0 Å². The molecule has 2 unspecified atom stereocenters. The zero-order valence-electron chi connectivity index (χ0n) is 11.0. The van der Waals surface area contributed by atoms with Gasteiger partial charge in [-0.2, -0.15) is 0 Å². The molecule has 0 aromatic heterocycles. The van der Waals surface area contributed by atoms with Crippen molar-refractivity contribution in [3.05, 3.63) is 0 Å². The molecule has 0 spiro atoms. The highest BCUT2D eigenvalue weighted by molar-refractivity contribution is 6.01. The second-order valence-electron chi connectivity index (χ2n) is 5.26. The Bertz CT molecular complexity index is 483. The minimum absolute atomic E-state index is 0.0815. The van der Waals surface area contributed by atoms with Gasteiger partial charge in [0.2, 0.25) is 0 Å². The summed E-state index contributed by atoms with van der Waals surface area (Å²) in [7, 11) is 0. The monoisotopic (exact) mass is 277 g/mol. The second kappa shape index (κ2) is 5.16. The molecule has 2 aliphatic carbocycles. The molecule has 0 N–H and O–H groups in total. The first kappa shape index (κ1) is 13.0. The van der Waals surface area contributed by atoms with Crippen LogP contribution >= 0.6 is 0 Å². The zero-order chi connectivity index (χ0) is 14.1. The second-order valence-corrected chi connectivity index (χ2v) is 5.26. The maximum absolute atomic E-state index is 11.6. The molecule has 6 nitrogen and oxygen atoms in total. The molecule has 2 amide bonds. The van der Waals surface area contributed by atoms with E-state index in [0.29, 0.717) is 16.9 Å². The van der Waals surface area contributed by atoms with Gasteiger partial charge in [0.25, 0.3) is 11.8 Å². The highest BCUT2D eigenvalue weighted by Gasteiger charge is 2.52. The lowest BCUT2D eigenvalue weighted by Gasteiger charge is -2.12. The third-order valence-electron chi connectivity index (χ3n) is 3.99. The SMILES string of the molecule is O=C(OC1C2CCC#CCCC21)ON1C(=O)CCC1=O. The number of fused-ring (bicyclic) bond motifs is 1. The normalized spacial score (nSPS) is 31.6. The van der Waals surface area contributed by atoms with Gasteiger partial charge in [-0.1, -0.05) is 5.06 Å². The average molecular weight is 277 g/mol. The third kappa shape index (κ3) is 2.48. The van der Waals surface area contributed by atoms with Crippen molar-refractivity contribution >= 4 is 18.0 Å². The summed E-state index contributed by atoms with van der Waals surface area (Å²) in [6, 6.07) is 0. The van der Waals surface area contributed by atoms with Gasteiger partial charge in [0.1, 0.15) is 6.10 Å². The summed E-state index contributed by atoms with van der Waals surface area (Å²) in [6.07, 6.45) is 2.49. The van der Waals surface area contributed by atoms with E-state index in [2.05, 4.69) is 11.8 Å². The molecule has 0 aromatic carbocycles. The molecule has 2 fully saturated rings. The van der Waals surface area contributed by atoms with Crippen LogP contribution in [-0.4, -0.2) is 29.1 Å². The fourth-order valence-corrected chi connectivity index (χ4v) is 2.86. The predicted octanol–water partition coefficient (Wildman–Crippen LogP) is 1.40. The summed E-state index contributed by atoms with van der Waals surface area (Å²) in [5.41, 5.74) is 0.